The maximum atomic E-state index is 13.2. The fourth-order valence-corrected chi connectivity index (χ4v) is 4.83. The van der Waals surface area contributed by atoms with E-state index >= 15 is 0 Å². The average molecular weight is 443 g/mol. The first kappa shape index (κ1) is 21.2. The summed E-state index contributed by atoms with van der Waals surface area (Å²) in [5.74, 6) is -0.0963. The molecule has 3 aromatic rings. The van der Waals surface area contributed by atoms with Crippen molar-refractivity contribution in [1.82, 2.24) is 34.9 Å². The highest BCUT2D eigenvalue weighted by molar-refractivity contribution is 6.15. The highest BCUT2D eigenvalue weighted by Crippen LogP contribution is 2.60. The van der Waals surface area contributed by atoms with E-state index in [1.807, 2.05) is 0 Å². The summed E-state index contributed by atoms with van der Waals surface area (Å²) in [7, 11) is 5.36. The standard InChI is InChI=1S/C22H22BN7O3/c1-11(31)19-14-4-16(13-6-24-12(2)25-7-13)26-8-17(14)30(28-19)9-18(32)29-10-22(3)5-15(22)20(29)21(33)27-23/h4,6-8,15,20H,5,9-10H2,1-3H3,(H,27,33). The first-order valence-corrected chi connectivity index (χ1v) is 10.7. The molecule has 1 saturated carbocycles. The fraction of sp³-hybridized carbons (Fsp3) is 0.409. The van der Waals surface area contributed by atoms with Crippen molar-refractivity contribution in [1.29, 1.82) is 0 Å². The molecule has 10 nitrogen and oxygen atoms in total. The smallest absolute Gasteiger partial charge is 0.245 e. The predicted octanol–water partition coefficient (Wildman–Crippen LogP) is 0.836. The zero-order chi connectivity index (χ0) is 23.5. The number of aromatic nitrogens is 5. The van der Waals surface area contributed by atoms with Crippen molar-refractivity contribution in [2.24, 2.45) is 11.3 Å². The van der Waals surface area contributed by atoms with Gasteiger partial charge in [0.05, 0.1) is 17.4 Å². The molecule has 3 unspecified atom stereocenters. The zero-order valence-corrected chi connectivity index (χ0v) is 18.6. The van der Waals surface area contributed by atoms with Gasteiger partial charge in [0.2, 0.25) is 19.8 Å². The molecule has 3 aromatic heterocycles. The molecule has 2 amide bonds. The Morgan fingerprint density at radius 2 is 1.94 bits per heavy atom. The van der Waals surface area contributed by atoms with Crippen LogP contribution in [0.25, 0.3) is 22.2 Å². The third-order valence-electron chi connectivity index (χ3n) is 6.73. The first-order valence-electron chi connectivity index (χ1n) is 10.7. The van der Waals surface area contributed by atoms with Gasteiger partial charge in [-0.15, -0.1) is 0 Å². The number of hydrogen-bond acceptors (Lipinski definition) is 7. The minimum absolute atomic E-state index is 0.0594. The zero-order valence-electron chi connectivity index (χ0n) is 18.6. The lowest BCUT2D eigenvalue weighted by atomic mass is 10.1. The number of rotatable bonds is 5. The van der Waals surface area contributed by atoms with Crippen LogP contribution in [-0.4, -0.2) is 67.8 Å². The quantitative estimate of drug-likeness (QED) is 0.458. The van der Waals surface area contributed by atoms with E-state index < -0.39 is 6.04 Å². The Morgan fingerprint density at radius 3 is 2.61 bits per heavy atom. The SMILES string of the molecule is [B]NC(=O)C1C2CC2(C)CN1C(=O)Cn1nc(C(C)=O)c2cc(-c3cnc(C)nc3)ncc21. The van der Waals surface area contributed by atoms with E-state index in [2.05, 4.69) is 32.2 Å². The number of carbonyl (C=O) groups excluding carboxylic acids is 3. The number of Topliss-reactive ketones (excluding diaryl/α,β-unsaturated/α-hetero) is 1. The second-order valence-corrected chi connectivity index (χ2v) is 9.11. The number of nitrogens with one attached hydrogen (secondary N) is 1. The van der Waals surface area contributed by atoms with Crippen LogP contribution in [0.1, 0.15) is 36.6 Å². The van der Waals surface area contributed by atoms with Crippen LogP contribution in [0, 0.1) is 18.3 Å². The van der Waals surface area contributed by atoms with Crippen molar-refractivity contribution < 1.29 is 14.4 Å². The molecule has 1 aliphatic heterocycles. The minimum atomic E-state index is -0.590. The monoisotopic (exact) mass is 443 g/mol. The van der Waals surface area contributed by atoms with Crippen molar-refractivity contribution in [2.45, 2.75) is 39.8 Å². The molecule has 0 spiro atoms. The van der Waals surface area contributed by atoms with Crippen LogP contribution < -0.4 is 5.23 Å². The number of carbonyl (C=O) groups is 3. The van der Waals surface area contributed by atoms with E-state index in [1.54, 1.807) is 36.5 Å². The fourth-order valence-electron chi connectivity index (χ4n) is 4.83. The van der Waals surface area contributed by atoms with Crippen LogP contribution in [0.15, 0.2) is 24.7 Å². The summed E-state index contributed by atoms with van der Waals surface area (Å²) in [5.41, 5.74) is 2.06. The van der Waals surface area contributed by atoms with Gasteiger partial charge in [-0.1, -0.05) is 6.92 Å². The number of pyridine rings is 1. The molecule has 0 aromatic carbocycles. The number of fused-ring (bicyclic) bond motifs is 2. The topological polar surface area (TPSA) is 123 Å². The van der Waals surface area contributed by atoms with Gasteiger partial charge in [0, 0.05) is 36.8 Å². The molecule has 0 bridgehead atoms. The van der Waals surface area contributed by atoms with Crippen LogP contribution in [0.3, 0.4) is 0 Å². The van der Waals surface area contributed by atoms with Gasteiger partial charge in [-0.2, -0.15) is 5.10 Å². The molecule has 2 aliphatic rings. The Bertz CT molecular complexity index is 1310. The summed E-state index contributed by atoms with van der Waals surface area (Å²) in [6.07, 6.45) is 5.81. The largest absolute Gasteiger partial charge is 0.407 e. The molecule has 33 heavy (non-hydrogen) atoms. The molecule has 4 heterocycles. The Labute approximate surface area is 191 Å². The van der Waals surface area contributed by atoms with Crippen LogP contribution in [-0.2, 0) is 16.1 Å². The lowest BCUT2D eigenvalue weighted by Crippen LogP contribution is -2.48. The third-order valence-corrected chi connectivity index (χ3v) is 6.73. The Balaban J connectivity index is 1.48. The van der Waals surface area contributed by atoms with E-state index in [9.17, 15) is 14.4 Å². The minimum Gasteiger partial charge on any atom is -0.407 e. The number of ketones is 1. The van der Waals surface area contributed by atoms with Crippen LogP contribution >= 0.6 is 0 Å². The molecule has 1 aliphatic carbocycles. The Hall–Kier alpha value is -3.63. The van der Waals surface area contributed by atoms with E-state index in [4.69, 9.17) is 7.98 Å². The molecule has 1 N–H and O–H groups in total. The predicted molar refractivity (Wildman–Crippen MR) is 119 cm³/mol. The highest BCUT2D eigenvalue weighted by atomic mass is 16.2. The summed E-state index contributed by atoms with van der Waals surface area (Å²) in [5, 5.41) is 7.18. The van der Waals surface area contributed by atoms with Crippen molar-refractivity contribution in [3.63, 3.8) is 0 Å². The van der Waals surface area contributed by atoms with E-state index in [0.717, 1.165) is 6.42 Å². The molecule has 166 valence electrons. The summed E-state index contributed by atoms with van der Waals surface area (Å²) in [4.78, 5) is 52.3. The van der Waals surface area contributed by atoms with Crippen LogP contribution in [0.4, 0.5) is 0 Å². The molecule has 2 fully saturated rings. The van der Waals surface area contributed by atoms with Gasteiger partial charge < -0.3 is 10.1 Å². The molecule has 1 saturated heterocycles. The summed E-state index contributed by atoms with van der Waals surface area (Å²) in [6.45, 7) is 5.67. The van der Waals surface area contributed by atoms with Gasteiger partial charge in [-0.3, -0.25) is 24.0 Å². The van der Waals surface area contributed by atoms with Gasteiger partial charge in [0.25, 0.3) is 0 Å². The Morgan fingerprint density at radius 1 is 1.21 bits per heavy atom. The lowest BCUT2D eigenvalue weighted by molar-refractivity contribution is -0.139. The average Bonchev–Trinajstić information content (AvgIpc) is 3.17. The summed E-state index contributed by atoms with van der Waals surface area (Å²) >= 11 is 0. The summed E-state index contributed by atoms with van der Waals surface area (Å²) in [6, 6.07) is 1.16. The van der Waals surface area contributed by atoms with Gasteiger partial charge >= 0.3 is 0 Å². The van der Waals surface area contributed by atoms with Crippen molar-refractivity contribution in [3.8, 4) is 11.3 Å². The van der Waals surface area contributed by atoms with E-state index in [1.165, 1.54) is 11.6 Å². The molecular formula is C22H22BN7O3. The number of likely N-dealkylation sites (tertiary alicyclic amines) is 1. The van der Waals surface area contributed by atoms with Crippen LogP contribution in [0.2, 0.25) is 0 Å². The van der Waals surface area contributed by atoms with Gasteiger partial charge in [0.1, 0.15) is 24.1 Å². The molecule has 5 rings (SSSR count). The van der Waals surface area contributed by atoms with Gasteiger partial charge in [0.15, 0.2) is 5.78 Å². The lowest BCUT2D eigenvalue weighted by Gasteiger charge is -2.27. The number of hydrogen-bond donors (Lipinski definition) is 1. The van der Waals surface area contributed by atoms with E-state index in [0.29, 0.717) is 34.5 Å². The normalized spacial score (nSPS) is 23.4. The van der Waals surface area contributed by atoms with Gasteiger partial charge in [-0.25, -0.2) is 9.97 Å². The molecule has 3 atom stereocenters. The van der Waals surface area contributed by atoms with Crippen molar-refractivity contribution in [3.05, 3.63) is 36.2 Å². The van der Waals surface area contributed by atoms with Crippen molar-refractivity contribution >= 4 is 36.5 Å². The second kappa shape index (κ2) is 7.46. The van der Waals surface area contributed by atoms with Crippen LogP contribution in [0.5, 0.6) is 0 Å². The number of nitrogens with zero attached hydrogens (tertiary/aromatic N) is 6. The first-order chi connectivity index (χ1) is 15.7. The van der Waals surface area contributed by atoms with E-state index in [-0.39, 0.29) is 41.2 Å². The number of piperidine rings is 1. The maximum Gasteiger partial charge on any atom is 0.245 e. The highest BCUT2D eigenvalue weighted by Gasteiger charge is 2.64. The van der Waals surface area contributed by atoms with Crippen molar-refractivity contribution in [2.75, 3.05) is 6.54 Å². The Kier molecular flexibility index (Phi) is 4.80. The number of aryl methyl sites for hydroxylation is 1. The summed E-state index contributed by atoms with van der Waals surface area (Å²) < 4.78 is 1.47. The third kappa shape index (κ3) is 3.47. The second-order valence-electron chi connectivity index (χ2n) is 9.11. The molecule has 2 radical (unpaired) electrons. The maximum absolute atomic E-state index is 13.2. The van der Waals surface area contributed by atoms with Gasteiger partial charge in [-0.05, 0) is 30.7 Å². The molecule has 11 heteroatoms. The molecular weight excluding hydrogens is 421 g/mol. The number of amides is 2.